The van der Waals surface area contributed by atoms with Crippen LogP contribution in [0.2, 0.25) is 0 Å². The van der Waals surface area contributed by atoms with Crippen molar-refractivity contribution in [3.8, 4) is 0 Å². The van der Waals surface area contributed by atoms with E-state index in [1.54, 1.807) is 6.92 Å². The van der Waals surface area contributed by atoms with Crippen molar-refractivity contribution in [2.75, 3.05) is 19.6 Å². The molecule has 2 aromatic rings. The summed E-state index contributed by atoms with van der Waals surface area (Å²) >= 11 is 0. The Bertz CT molecular complexity index is 816. The Kier molecular flexibility index (Phi) is 5.08. The van der Waals surface area contributed by atoms with E-state index >= 15 is 0 Å². The van der Waals surface area contributed by atoms with Gasteiger partial charge in [0, 0.05) is 38.4 Å². The number of amides is 2. The smallest absolute Gasteiger partial charge is 0.258 e. The highest BCUT2D eigenvalue weighted by molar-refractivity contribution is 6.07. The number of furan rings is 1. The molecule has 1 aromatic carbocycles. The number of fused-ring (bicyclic) bond motifs is 1. The first-order valence-corrected chi connectivity index (χ1v) is 9.35. The van der Waals surface area contributed by atoms with Crippen LogP contribution in [0.1, 0.15) is 50.2 Å². The van der Waals surface area contributed by atoms with Crippen LogP contribution in [0.5, 0.6) is 0 Å². The number of carbonyl (C=O) groups is 2. The molecule has 26 heavy (non-hydrogen) atoms. The number of hydrogen-bond acceptors (Lipinski definition) is 3. The molecule has 1 fully saturated rings. The third-order valence-electron chi connectivity index (χ3n) is 5.10. The maximum Gasteiger partial charge on any atom is 0.258 e. The molecule has 1 saturated heterocycles. The topological polar surface area (TPSA) is 62.6 Å². The molecule has 2 amide bonds. The molecule has 140 valence electrons. The summed E-state index contributed by atoms with van der Waals surface area (Å²) in [4.78, 5) is 26.1. The van der Waals surface area contributed by atoms with Gasteiger partial charge in [0.15, 0.2) is 0 Å². The van der Waals surface area contributed by atoms with Crippen LogP contribution in [-0.2, 0) is 11.2 Å². The van der Waals surface area contributed by atoms with Crippen LogP contribution < -0.4 is 5.32 Å². The molecule has 2 heterocycles. The largest absolute Gasteiger partial charge is 0.460 e. The van der Waals surface area contributed by atoms with Gasteiger partial charge >= 0.3 is 0 Å². The fraction of sp³-hybridized carbons (Fsp3) is 0.524. The lowest BCUT2D eigenvalue weighted by molar-refractivity contribution is -0.119. The SMILES string of the molecule is CCc1oc2ccccc2c1C(=O)N1CC(CC(C)(C)CNC(C)=O)C1. The summed E-state index contributed by atoms with van der Waals surface area (Å²) < 4.78 is 5.86. The maximum absolute atomic E-state index is 13.0. The summed E-state index contributed by atoms with van der Waals surface area (Å²) in [7, 11) is 0. The van der Waals surface area contributed by atoms with Gasteiger partial charge in [-0.25, -0.2) is 0 Å². The summed E-state index contributed by atoms with van der Waals surface area (Å²) in [6, 6.07) is 7.74. The quantitative estimate of drug-likeness (QED) is 0.860. The molecule has 1 aliphatic rings. The first-order chi connectivity index (χ1) is 12.3. The second kappa shape index (κ2) is 7.14. The van der Waals surface area contributed by atoms with Gasteiger partial charge in [-0.05, 0) is 23.8 Å². The standard InChI is InChI=1S/C21H28N2O3/c1-5-17-19(16-8-6-7-9-18(16)26-17)20(25)23-11-15(12-23)10-21(3,4)13-22-14(2)24/h6-9,15H,5,10-13H2,1-4H3,(H,22,24). The van der Waals surface area contributed by atoms with E-state index in [1.807, 2.05) is 36.1 Å². The molecule has 3 rings (SSSR count). The van der Waals surface area contributed by atoms with Gasteiger partial charge < -0.3 is 14.6 Å². The van der Waals surface area contributed by atoms with E-state index in [-0.39, 0.29) is 17.2 Å². The van der Waals surface area contributed by atoms with E-state index in [4.69, 9.17) is 4.42 Å². The Morgan fingerprint density at radius 1 is 1.27 bits per heavy atom. The van der Waals surface area contributed by atoms with E-state index in [2.05, 4.69) is 19.2 Å². The molecule has 0 saturated carbocycles. The Balaban J connectivity index is 1.65. The number of aryl methyl sites for hydroxylation is 1. The lowest BCUT2D eigenvalue weighted by Crippen LogP contribution is -2.52. The van der Waals surface area contributed by atoms with Crippen molar-refractivity contribution in [1.29, 1.82) is 0 Å². The van der Waals surface area contributed by atoms with Gasteiger partial charge in [-0.3, -0.25) is 9.59 Å². The Morgan fingerprint density at radius 2 is 1.96 bits per heavy atom. The summed E-state index contributed by atoms with van der Waals surface area (Å²) in [5, 5.41) is 3.81. The Morgan fingerprint density at radius 3 is 2.62 bits per heavy atom. The highest BCUT2D eigenvalue weighted by atomic mass is 16.3. The van der Waals surface area contributed by atoms with E-state index < -0.39 is 0 Å². The molecule has 5 heteroatoms. The van der Waals surface area contributed by atoms with Crippen LogP contribution in [0.15, 0.2) is 28.7 Å². The summed E-state index contributed by atoms with van der Waals surface area (Å²) in [5.74, 6) is 1.32. The second-order valence-corrected chi connectivity index (χ2v) is 8.10. The van der Waals surface area contributed by atoms with Crippen molar-refractivity contribution >= 4 is 22.8 Å². The number of rotatable bonds is 6. The molecule has 1 N–H and O–H groups in total. The number of hydrogen-bond donors (Lipinski definition) is 1. The highest BCUT2D eigenvalue weighted by Gasteiger charge is 2.36. The fourth-order valence-electron chi connectivity index (χ4n) is 3.82. The zero-order valence-electron chi connectivity index (χ0n) is 16.1. The van der Waals surface area contributed by atoms with Crippen LogP contribution in [0.4, 0.5) is 0 Å². The summed E-state index contributed by atoms with van der Waals surface area (Å²) in [5.41, 5.74) is 1.53. The Hall–Kier alpha value is -2.30. The van der Waals surface area contributed by atoms with Gasteiger partial charge in [-0.2, -0.15) is 0 Å². The van der Waals surface area contributed by atoms with Crippen molar-refractivity contribution < 1.29 is 14.0 Å². The highest BCUT2D eigenvalue weighted by Crippen LogP contribution is 2.34. The predicted molar refractivity (Wildman–Crippen MR) is 102 cm³/mol. The molecular weight excluding hydrogens is 328 g/mol. The average molecular weight is 356 g/mol. The number of carbonyl (C=O) groups excluding carboxylic acids is 2. The normalized spacial score (nSPS) is 15.2. The van der Waals surface area contributed by atoms with Crippen LogP contribution in [0.3, 0.4) is 0 Å². The van der Waals surface area contributed by atoms with E-state index in [1.165, 1.54) is 0 Å². The number of nitrogens with one attached hydrogen (secondary N) is 1. The summed E-state index contributed by atoms with van der Waals surface area (Å²) in [6.07, 6.45) is 1.70. The first kappa shape index (κ1) is 18.5. The molecule has 0 bridgehead atoms. The number of benzene rings is 1. The van der Waals surface area contributed by atoms with Crippen molar-refractivity contribution in [1.82, 2.24) is 10.2 Å². The number of likely N-dealkylation sites (tertiary alicyclic amines) is 1. The third-order valence-corrected chi connectivity index (χ3v) is 5.10. The summed E-state index contributed by atoms with van der Waals surface area (Å²) in [6.45, 7) is 10.1. The molecular formula is C21H28N2O3. The minimum atomic E-state index is 0.00224. The van der Waals surface area contributed by atoms with E-state index in [0.29, 0.717) is 18.9 Å². The van der Waals surface area contributed by atoms with Gasteiger partial charge in [0.2, 0.25) is 5.91 Å². The zero-order valence-corrected chi connectivity index (χ0v) is 16.1. The van der Waals surface area contributed by atoms with Crippen LogP contribution >= 0.6 is 0 Å². The first-order valence-electron chi connectivity index (χ1n) is 9.35. The molecule has 0 spiro atoms. The van der Waals surface area contributed by atoms with E-state index in [9.17, 15) is 9.59 Å². The van der Waals surface area contributed by atoms with Crippen LogP contribution in [0, 0.1) is 11.3 Å². The van der Waals surface area contributed by atoms with Gasteiger partial charge in [0.1, 0.15) is 11.3 Å². The molecule has 5 nitrogen and oxygen atoms in total. The van der Waals surface area contributed by atoms with Gasteiger partial charge in [-0.15, -0.1) is 0 Å². The molecule has 0 unspecified atom stereocenters. The van der Waals surface area contributed by atoms with Crippen LogP contribution in [0.25, 0.3) is 11.0 Å². The molecule has 0 radical (unpaired) electrons. The fourth-order valence-corrected chi connectivity index (χ4v) is 3.82. The molecule has 1 aromatic heterocycles. The van der Waals surface area contributed by atoms with E-state index in [0.717, 1.165) is 41.8 Å². The molecule has 0 aliphatic carbocycles. The van der Waals surface area contributed by atoms with Crippen molar-refractivity contribution in [2.45, 2.75) is 40.5 Å². The van der Waals surface area contributed by atoms with Gasteiger partial charge in [0.05, 0.1) is 5.56 Å². The maximum atomic E-state index is 13.0. The number of nitrogens with zero attached hydrogens (tertiary/aromatic N) is 1. The molecule has 0 atom stereocenters. The average Bonchev–Trinajstić information content (AvgIpc) is 2.94. The van der Waals surface area contributed by atoms with Gasteiger partial charge in [0.25, 0.3) is 5.91 Å². The van der Waals surface area contributed by atoms with Crippen molar-refractivity contribution in [3.63, 3.8) is 0 Å². The third kappa shape index (κ3) is 3.76. The number of para-hydroxylation sites is 1. The van der Waals surface area contributed by atoms with Crippen molar-refractivity contribution in [2.24, 2.45) is 11.3 Å². The lowest BCUT2D eigenvalue weighted by atomic mass is 9.79. The second-order valence-electron chi connectivity index (χ2n) is 8.10. The van der Waals surface area contributed by atoms with Crippen LogP contribution in [-0.4, -0.2) is 36.3 Å². The monoisotopic (exact) mass is 356 g/mol. The Labute approximate surface area is 154 Å². The zero-order chi connectivity index (χ0) is 18.9. The minimum absolute atomic E-state index is 0.00224. The minimum Gasteiger partial charge on any atom is -0.460 e. The van der Waals surface area contributed by atoms with Gasteiger partial charge in [-0.1, -0.05) is 39.0 Å². The lowest BCUT2D eigenvalue weighted by Gasteiger charge is -2.43. The molecule has 1 aliphatic heterocycles. The van der Waals surface area contributed by atoms with Crippen molar-refractivity contribution in [3.05, 3.63) is 35.6 Å². The predicted octanol–water partition coefficient (Wildman–Crippen LogP) is 3.62.